The lowest BCUT2D eigenvalue weighted by Gasteiger charge is -2.11. The second kappa shape index (κ2) is 11.6. The zero-order chi connectivity index (χ0) is 21.9. The van der Waals surface area contributed by atoms with Crippen molar-refractivity contribution in [3.8, 4) is 0 Å². The minimum absolute atomic E-state index is 0.0908. The molecule has 0 spiro atoms. The minimum Gasteiger partial charge on any atom is -0.376 e. The summed E-state index contributed by atoms with van der Waals surface area (Å²) in [5.41, 5.74) is 3.10. The smallest absolute Gasteiger partial charge is 0.251 e. The number of hydrogen-bond donors (Lipinski definition) is 3. The van der Waals surface area contributed by atoms with Crippen molar-refractivity contribution in [2.24, 2.45) is 0 Å². The second-order valence-corrected chi connectivity index (χ2v) is 7.22. The Bertz CT molecular complexity index is 846. The van der Waals surface area contributed by atoms with Gasteiger partial charge in [0.05, 0.1) is 6.54 Å². The van der Waals surface area contributed by atoms with Gasteiger partial charge in [0, 0.05) is 44.0 Å². The van der Waals surface area contributed by atoms with Gasteiger partial charge in [-0.2, -0.15) is 0 Å². The maximum Gasteiger partial charge on any atom is 0.251 e. The molecule has 0 aliphatic carbocycles. The molecular formula is C23H30N4O3. The molecule has 0 heterocycles. The van der Waals surface area contributed by atoms with Crippen LogP contribution < -0.4 is 16.0 Å². The highest BCUT2D eigenvalue weighted by Gasteiger charge is 2.07. The van der Waals surface area contributed by atoms with Crippen LogP contribution >= 0.6 is 0 Å². The third-order valence-electron chi connectivity index (χ3n) is 4.50. The topological polar surface area (TPSA) is 90.5 Å². The Morgan fingerprint density at radius 2 is 1.53 bits per heavy atom. The molecule has 0 saturated carbocycles. The van der Waals surface area contributed by atoms with E-state index in [4.69, 9.17) is 0 Å². The predicted molar refractivity (Wildman–Crippen MR) is 120 cm³/mol. The summed E-state index contributed by atoms with van der Waals surface area (Å²) in [5.74, 6) is -0.181. The number of aryl methyl sites for hydroxylation is 1. The van der Waals surface area contributed by atoms with Crippen molar-refractivity contribution in [1.82, 2.24) is 10.2 Å². The molecule has 160 valence electrons. The number of hydrogen-bond acceptors (Lipinski definition) is 4. The van der Waals surface area contributed by atoms with Crippen LogP contribution in [0.25, 0.3) is 0 Å². The molecule has 0 saturated heterocycles. The third kappa shape index (κ3) is 7.58. The van der Waals surface area contributed by atoms with Gasteiger partial charge in [-0.3, -0.25) is 14.4 Å². The Labute approximate surface area is 177 Å². The molecule has 2 rings (SSSR count). The van der Waals surface area contributed by atoms with E-state index in [-0.39, 0.29) is 24.3 Å². The van der Waals surface area contributed by atoms with E-state index in [1.165, 1.54) is 0 Å². The van der Waals surface area contributed by atoms with Crippen LogP contribution in [0.1, 0.15) is 35.7 Å². The van der Waals surface area contributed by atoms with E-state index in [9.17, 15) is 14.4 Å². The Balaban J connectivity index is 1.77. The number of anilines is 2. The van der Waals surface area contributed by atoms with Crippen molar-refractivity contribution < 1.29 is 14.4 Å². The Kier molecular flexibility index (Phi) is 8.87. The lowest BCUT2D eigenvalue weighted by molar-refractivity contribution is -0.128. The lowest BCUT2D eigenvalue weighted by Crippen LogP contribution is -2.24. The largest absolute Gasteiger partial charge is 0.376 e. The van der Waals surface area contributed by atoms with E-state index in [0.717, 1.165) is 17.7 Å². The summed E-state index contributed by atoms with van der Waals surface area (Å²) in [6, 6.07) is 14.5. The maximum absolute atomic E-state index is 12.2. The highest BCUT2D eigenvalue weighted by molar-refractivity contribution is 5.95. The van der Waals surface area contributed by atoms with E-state index < -0.39 is 0 Å². The summed E-state index contributed by atoms with van der Waals surface area (Å²) in [6.07, 6.45) is 2.01. The SMILES string of the molecule is CCCNC(=O)c1ccc(NCC(=O)Nc2ccc(CCC(=O)N(C)C)cc2)cc1. The summed E-state index contributed by atoms with van der Waals surface area (Å²) in [4.78, 5) is 37.3. The lowest BCUT2D eigenvalue weighted by atomic mass is 10.1. The fraction of sp³-hybridized carbons (Fsp3) is 0.348. The molecule has 2 aromatic carbocycles. The van der Waals surface area contributed by atoms with Crippen molar-refractivity contribution in [3.05, 3.63) is 59.7 Å². The van der Waals surface area contributed by atoms with Crippen LogP contribution in [0.15, 0.2) is 48.5 Å². The summed E-state index contributed by atoms with van der Waals surface area (Å²) in [7, 11) is 3.49. The van der Waals surface area contributed by atoms with Crippen molar-refractivity contribution in [1.29, 1.82) is 0 Å². The molecule has 3 amide bonds. The standard InChI is InChI=1S/C23H30N4O3/c1-4-15-24-23(30)18-8-12-19(13-9-18)25-16-21(28)26-20-10-5-17(6-11-20)7-14-22(29)27(2)3/h5-6,8-13,25H,4,7,14-16H2,1-3H3,(H,24,30)(H,26,28). The van der Waals surface area contributed by atoms with Gasteiger partial charge in [-0.25, -0.2) is 0 Å². The van der Waals surface area contributed by atoms with Gasteiger partial charge in [-0.1, -0.05) is 19.1 Å². The first kappa shape index (κ1) is 22.9. The highest BCUT2D eigenvalue weighted by Crippen LogP contribution is 2.12. The molecule has 0 atom stereocenters. The average Bonchev–Trinajstić information content (AvgIpc) is 2.75. The molecule has 3 N–H and O–H groups in total. The van der Waals surface area contributed by atoms with Crippen LogP contribution in [-0.4, -0.2) is 49.8 Å². The highest BCUT2D eigenvalue weighted by atomic mass is 16.2. The maximum atomic E-state index is 12.2. The van der Waals surface area contributed by atoms with Gasteiger partial charge in [-0.15, -0.1) is 0 Å². The zero-order valence-corrected chi connectivity index (χ0v) is 17.8. The minimum atomic E-state index is -0.171. The number of carbonyl (C=O) groups is 3. The molecule has 0 aromatic heterocycles. The predicted octanol–water partition coefficient (Wildman–Crippen LogP) is 2.90. The van der Waals surface area contributed by atoms with E-state index in [1.54, 1.807) is 43.3 Å². The monoisotopic (exact) mass is 410 g/mol. The van der Waals surface area contributed by atoms with Crippen molar-refractivity contribution >= 4 is 29.1 Å². The van der Waals surface area contributed by atoms with E-state index in [0.29, 0.717) is 30.6 Å². The summed E-state index contributed by atoms with van der Waals surface area (Å²) in [5, 5.41) is 8.70. The Hall–Kier alpha value is -3.35. The zero-order valence-electron chi connectivity index (χ0n) is 17.8. The average molecular weight is 411 g/mol. The second-order valence-electron chi connectivity index (χ2n) is 7.22. The Morgan fingerprint density at radius 1 is 0.900 bits per heavy atom. The summed E-state index contributed by atoms with van der Waals surface area (Å²) < 4.78 is 0. The molecule has 30 heavy (non-hydrogen) atoms. The van der Waals surface area contributed by atoms with Crippen LogP contribution in [0.5, 0.6) is 0 Å². The van der Waals surface area contributed by atoms with Gasteiger partial charge in [-0.05, 0) is 54.8 Å². The summed E-state index contributed by atoms with van der Waals surface area (Å²) in [6.45, 7) is 2.76. The quantitative estimate of drug-likeness (QED) is 0.562. The van der Waals surface area contributed by atoms with Crippen molar-refractivity contribution in [2.75, 3.05) is 37.8 Å². The Morgan fingerprint density at radius 3 is 2.13 bits per heavy atom. The first-order chi connectivity index (χ1) is 14.4. The van der Waals surface area contributed by atoms with Gasteiger partial charge >= 0.3 is 0 Å². The first-order valence-electron chi connectivity index (χ1n) is 10.1. The molecule has 0 unspecified atom stereocenters. The molecule has 0 aliphatic rings. The summed E-state index contributed by atoms with van der Waals surface area (Å²) >= 11 is 0. The molecule has 7 nitrogen and oxygen atoms in total. The fourth-order valence-electron chi connectivity index (χ4n) is 2.70. The molecule has 0 fully saturated rings. The fourth-order valence-corrected chi connectivity index (χ4v) is 2.70. The number of benzene rings is 2. The first-order valence-corrected chi connectivity index (χ1v) is 10.1. The number of amides is 3. The molecule has 0 bridgehead atoms. The number of carbonyl (C=O) groups excluding carboxylic acids is 3. The molecule has 0 radical (unpaired) electrons. The van der Waals surface area contributed by atoms with Crippen LogP contribution in [0.3, 0.4) is 0 Å². The van der Waals surface area contributed by atoms with E-state index in [1.807, 2.05) is 31.2 Å². The van der Waals surface area contributed by atoms with Crippen LogP contribution in [-0.2, 0) is 16.0 Å². The molecule has 0 aliphatic heterocycles. The van der Waals surface area contributed by atoms with Gasteiger partial charge in [0.15, 0.2) is 0 Å². The van der Waals surface area contributed by atoms with Crippen LogP contribution in [0, 0.1) is 0 Å². The van der Waals surface area contributed by atoms with Crippen LogP contribution in [0.2, 0.25) is 0 Å². The number of nitrogens with one attached hydrogen (secondary N) is 3. The van der Waals surface area contributed by atoms with Gasteiger partial charge < -0.3 is 20.9 Å². The van der Waals surface area contributed by atoms with Gasteiger partial charge in [0.25, 0.3) is 5.91 Å². The van der Waals surface area contributed by atoms with Crippen molar-refractivity contribution in [3.63, 3.8) is 0 Å². The van der Waals surface area contributed by atoms with E-state index >= 15 is 0 Å². The normalized spacial score (nSPS) is 10.2. The third-order valence-corrected chi connectivity index (χ3v) is 4.50. The van der Waals surface area contributed by atoms with Crippen molar-refractivity contribution in [2.45, 2.75) is 26.2 Å². The van der Waals surface area contributed by atoms with E-state index in [2.05, 4.69) is 16.0 Å². The molecule has 7 heteroatoms. The van der Waals surface area contributed by atoms with Gasteiger partial charge in [0.2, 0.25) is 11.8 Å². The van der Waals surface area contributed by atoms with Gasteiger partial charge in [0.1, 0.15) is 0 Å². The molecular weight excluding hydrogens is 380 g/mol. The number of rotatable bonds is 10. The number of nitrogens with zero attached hydrogens (tertiary/aromatic N) is 1. The van der Waals surface area contributed by atoms with Crippen LogP contribution in [0.4, 0.5) is 11.4 Å². The molecule has 2 aromatic rings.